The third-order valence-electron chi connectivity index (χ3n) is 2.15. The van der Waals surface area contributed by atoms with Crippen molar-refractivity contribution in [3.63, 3.8) is 0 Å². The largest absolute Gasteiger partial charge is 0.324 e. The summed E-state index contributed by atoms with van der Waals surface area (Å²) in [5.74, 6) is -0.207. The van der Waals surface area contributed by atoms with Crippen LogP contribution in [0.5, 0.6) is 0 Å². The average molecular weight is 170 g/mol. The Hall–Kier alpha value is -1.06. The summed E-state index contributed by atoms with van der Waals surface area (Å²) in [5, 5.41) is 4.84. The predicted octanol–water partition coefficient (Wildman–Crippen LogP) is 0.775. The third kappa shape index (κ3) is 1.57. The van der Waals surface area contributed by atoms with E-state index in [1.165, 1.54) is 0 Å². The quantitative estimate of drug-likeness (QED) is 0.615. The number of urea groups is 1. The number of carbonyl (C=O) groups excluding carboxylic acids is 2. The molecule has 0 aliphatic carbocycles. The fourth-order valence-corrected chi connectivity index (χ4v) is 1.29. The highest BCUT2D eigenvalue weighted by Crippen LogP contribution is 2.17. The van der Waals surface area contributed by atoms with Gasteiger partial charge in [-0.25, -0.2) is 4.79 Å². The molecule has 4 nitrogen and oxygen atoms in total. The molecule has 2 N–H and O–H groups in total. The topological polar surface area (TPSA) is 58.2 Å². The summed E-state index contributed by atoms with van der Waals surface area (Å²) in [6, 6.07) is -0.376. The number of unbranched alkanes of at least 4 members (excludes halogenated alkanes) is 1. The highest BCUT2D eigenvalue weighted by atomic mass is 16.2. The first-order chi connectivity index (χ1) is 5.58. The van der Waals surface area contributed by atoms with Crippen molar-refractivity contribution in [1.82, 2.24) is 10.6 Å². The molecule has 1 saturated heterocycles. The molecule has 0 bridgehead atoms. The van der Waals surface area contributed by atoms with Crippen LogP contribution >= 0.6 is 0 Å². The molecule has 0 spiro atoms. The van der Waals surface area contributed by atoms with Crippen LogP contribution in [0.2, 0.25) is 0 Å². The van der Waals surface area contributed by atoms with E-state index < -0.39 is 5.54 Å². The third-order valence-corrected chi connectivity index (χ3v) is 2.15. The van der Waals surface area contributed by atoms with Gasteiger partial charge in [0.05, 0.1) is 0 Å². The number of hydrogen-bond acceptors (Lipinski definition) is 2. The van der Waals surface area contributed by atoms with Crippen LogP contribution in [0, 0.1) is 0 Å². The van der Waals surface area contributed by atoms with Gasteiger partial charge in [0, 0.05) is 0 Å². The smallest absolute Gasteiger partial charge is 0.322 e. The molecule has 3 amide bonds. The van der Waals surface area contributed by atoms with Gasteiger partial charge in [-0.05, 0) is 13.3 Å². The van der Waals surface area contributed by atoms with Gasteiger partial charge in [0.15, 0.2) is 0 Å². The summed E-state index contributed by atoms with van der Waals surface area (Å²) in [5.41, 5.74) is -0.674. The van der Waals surface area contributed by atoms with Crippen LogP contribution in [0.4, 0.5) is 4.79 Å². The first-order valence-corrected chi connectivity index (χ1v) is 4.22. The molecule has 1 unspecified atom stereocenters. The molecule has 4 heteroatoms. The van der Waals surface area contributed by atoms with E-state index in [9.17, 15) is 9.59 Å². The Balaban J connectivity index is 2.58. The molecular weight excluding hydrogens is 156 g/mol. The van der Waals surface area contributed by atoms with E-state index in [0.717, 1.165) is 12.8 Å². The zero-order valence-corrected chi connectivity index (χ0v) is 7.44. The Morgan fingerprint density at radius 1 is 1.42 bits per heavy atom. The van der Waals surface area contributed by atoms with Crippen LogP contribution in [0.15, 0.2) is 0 Å². The van der Waals surface area contributed by atoms with Gasteiger partial charge in [0.1, 0.15) is 5.54 Å². The molecule has 0 aromatic rings. The van der Waals surface area contributed by atoms with Crippen LogP contribution in [0.3, 0.4) is 0 Å². The molecule has 68 valence electrons. The molecule has 1 rings (SSSR count). The fraction of sp³-hybridized carbons (Fsp3) is 0.750. The molecule has 1 atom stereocenters. The van der Waals surface area contributed by atoms with Crippen molar-refractivity contribution >= 4 is 11.9 Å². The molecule has 0 aromatic carbocycles. The van der Waals surface area contributed by atoms with Crippen molar-refractivity contribution in [2.45, 2.75) is 38.6 Å². The highest BCUT2D eigenvalue weighted by molar-refractivity contribution is 6.06. The van der Waals surface area contributed by atoms with Gasteiger partial charge < -0.3 is 5.32 Å². The SMILES string of the molecule is CCCCC1(C)NC(=O)NC1=O. The van der Waals surface area contributed by atoms with Crippen molar-refractivity contribution in [3.8, 4) is 0 Å². The Morgan fingerprint density at radius 2 is 2.08 bits per heavy atom. The maximum absolute atomic E-state index is 11.2. The van der Waals surface area contributed by atoms with Crippen molar-refractivity contribution in [1.29, 1.82) is 0 Å². The second kappa shape index (κ2) is 3.13. The van der Waals surface area contributed by atoms with Gasteiger partial charge in [0.2, 0.25) is 0 Å². The first kappa shape index (κ1) is 9.03. The summed E-state index contributed by atoms with van der Waals surface area (Å²) in [4.78, 5) is 22.0. The molecule has 0 radical (unpaired) electrons. The van der Waals surface area contributed by atoms with Gasteiger partial charge in [0.25, 0.3) is 5.91 Å². The van der Waals surface area contributed by atoms with E-state index in [1.54, 1.807) is 6.92 Å². The van der Waals surface area contributed by atoms with E-state index in [-0.39, 0.29) is 11.9 Å². The Bertz CT molecular complexity index is 215. The van der Waals surface area contributed by atoms with E-state index in [0.29, 0.717) is 6.42 Å². The van der Waals surface area contributed by atoms with Gasteiger partial charge in [-0.2, -0.15) is 0 Å². The Morgan fingerprint density at radius 3 is 2.50 bits per heavy atom. The lowest BCUT2D eigenvalue weighted by Crippen LogP contribution is -2.43. The van der Waals surface area contributed by atoms with Gasteiger partial charge in [-0.1, -0.05) is 19.8 Å². The molecule has 0 saturated carbocycles. The number of imide groups is 1. The number of carbonyl (C=O) groups is 2. The van der Waals surface area contributed by atoms with Crippen LogP contribution in [0.25, 0.3) is 0 Å². The average Bonchev–Trinajstić information content (AvgIpc) is 2.23. The van der Waals surface area contributed by atoms with Crippen LogP contribution in [-0.2, 0) is 4.79 Å². The fourth-order valence-electron chi connectivity index (χ4n) is 1.29. The lowest BCUT2D eigenvalue weighted by Gasteiger charge is -2.19. The number of rotatable bonds is 3. The minimum atomic E-state index is -0.674. The van der Waals surface area contributed by atoms with Crippen LogP contribution in [-0.4, -0.2) is 17.5 Å². The summed E-state index contributed by atoms with van der Waals surface area (Å²) in [7, 11) is 0. The number of amides is 3. The lowest BCUT2D eigenvalue weighted by molar-refractivity contribution is -0.123. The van der Waals surface area contributed by atoms with E-state index >= 15 is 0 Å². The minimum absolute atomic E-state index is 0.207. The molecule has 1 heterocycles. The normalized spacial score (nSPS) is 28.5. The second-order valence-corrected chi connectivity index (χ2v) is 3.34. The molecule has 1 fully saturated rings. The van der Waals surface area contributed by atoms with E-state index in [1.807, 2.05) is 0 Å². The minimum Gasteiger partial charge on any atom is -0.324 e. The van der Waals surface area contributed by atoms with Crippen molar-refractivity contribution in [3.05, 3.63) is 0 Å². The van der Waals surface area contributed by atoms with E-state index in [2.05, 4.69) is 17.6 Å². The maximum atomic E-state index is 11.2. The predicted molar refractivity (Wildman–Crippen MR) is 44.6 cm³/mol. The summed E-state index contributed by atoms with van der Waals surface area (Å²) in [6.07, 6.45) is 2.68. The highest BCUT2D eigenvalue weighted by Gasteiger charge is 2.40. The standard InChI is InChI=1S/C8H14N2O2/c1-3-4-5-8(2)6(11)9-7(12)10-8/h3-5H2,1-2H3,(H2,9,10,11,12). The molecular formula is C8H14N2O2. The Kier molecular flexibility index (Phi) is 2.35. The van der Waals surface area contributed by atoms with Gasteiger partial charge in [-0.3, -0.25) is 10.1 Å². The zero-order valence-electron chi connectivity index (χ0n) is 7.44. The first-order valence-electron chi connectivity index (χ1n) is 4.22. The zero-order chi connectivity index (χ0) is 9.19. The van der Waals surface area contributed by atoms with Crippen molar-refractivity contribution in [2.75, 3.05) is 0 Å². The van der Waals surface area contributed by atoms with Crippen LogP contribution in [0.1, 0.15) is 33.1 Å². The van der Waals surface area contributed by atoms with Crippen LogP contribution < -0.4 is 10.6 Å². The molecule has 12 heavy (non-hydrogen) atoms. The molecule has 1 aliphatic rings. The number of hydrogen-bond donors (Lipinski definition) is 2. The molecule has 1 aliphatic heterocycles. The van der Waals surface area contributed by atoms with Crippen molar-refractivity contribution < 1.29 is 9.59 Å². The van der Waals surface area contributed by atoms with Crippen molar-refractivity contribution in [2.24, 2.45) is 0 Å². The van der Waals surface area contributed by atoms with E-state index in [4.69, 9.17) is 0 Å². The number of nitrogens with one attached hydrogen (secondary N) is 2. The lowest BCUT2D eigenvalue weighted by atomic mass is 9.95. The molecule has 0 aromatic heterocycles. The Labute approximate surface area is 71.7 Å². The summed E-state index contributed by atoms with van der Waals surface area (Å²) in [6.45, 7) is 3.81. The maximum Gasteiger partial charge on any atom is 0.322 e. The summed E-state index contributed by atoms with van der Waals surface area (Å²) >= 11 is 0. The van der Waals surface area contributed by atoms with Gasteiger partial charge in [-0.15, -0.1) is 0 Å². The second-order valence-electron chi connectivity index (χ2n) is 3.34. The van der Waals surface area contributed by atoms with Gasteiger partial charge >= 0.3 is 6.03 Å². The summed E-state index contributed by atoms with van der Waals surface area (Å²) < 4.78 is 0. The monoisotopic (exact) mass is 170 g/mol.